The maximum atomic E-state index is 13.3. The van der Waals surface area contributed by atoms with Crippen molar-refractivity contribution < 1.29 is 19.1 Å². The van der Waals surface area contributed by atoms with Crippen molar-refractivity contribution in [1.82, 2.24) is 29.0 Å². The average molecular weight is 646 g/mol. The van der Waals surface area contributed by atoms with Gasteiger partial charge in [0, 0.05) is 69.8 Å². The second kappa shape index (κ2) is 13.1. The van der Waals surface area contributed by atoms with E-state index in [1.807, 2.05) is 60.1 Å². The van der Waals surface area contributed by atoms with Gasteiger partial charge in [0.25, 0.3) is 11.8 Å². The molecule has 0 spiro atoms. The number of hydrogen-bond donors (Lipinski definition) is 4. The molecule has 244 valence electrons. The lowest BCUT2D eigenvalue weighted by Crippen LogP contribution is -2.38. The zero-order valence-electron chi connectivity index (χ0n) is 26.6. The third-order valence-corrected chi connectivity index (χ3v) is 8.39. The number of aryl methyl sites for hydroxylation is 2. The summed E-state index contributed by atoms with van der Waals surface area (Å²) in [6.45, 7) is 3.79. The molecule has 3 amide bonds. The third-order valence-electron chi connectivity index (χ3n) is 8.39. The standard InChI is InChI=1S/C35H35N9O4/c1-42-20-25(39-35(47)31-18-26(21-43(31)2)38-34(46)29-15-22-5-3-4-6-23(22)19-36-29)17-30(42)33-40-27-8-7-24(16-28(27)41-33)37-32(45)9-10-44-11-13-48-14-12-44/h3-8,15-21H,9-14H2,1-2H3,(H,37,45)(H,38,46)(H,39,47)(H,40,41). The van der Waals surface area contributed by atoms with Crippen LogP contribution in [0.1, 0.15) is 27.4 Å². The van der Waals surface area contributed by atoms with Gasteiger partial charge >= 0.3 is 0 Å². The number of aromatic nitrogens is 5. The quantitative estimate of drug-likeness (QED) is 0.179. The Kier molecular flexibility index (Phi) is 8.44. The summed E-state index contributed by atoms with van der Waals surface area (Å²) in [5.41, 5.74) is 4.68. The van der Waals surface area contributed by atoms with Crippen LogP contribution in [0, 0.1) is 0 Å². The molecule has 0 unspecified atom stereocenters. The summed E-state index contributed by atoms with van der Waals surface area (Å²) in [7, 11) is 3.61. The number of imidazole rings is 1. The van der Waals surface area contributed by atoms with E-state index in [0.717, 1.165) is 35.1 Å². The van der Waals surface area contributed by atoms with Gasteiger partial charge in [-0.3, -0.25) is 24.3 Å². The number of rotatable bonds is 9. The molecule has 4 aromatic heterocycles. The molecule has 2 aromatic carbocycles. The molecule has 1 aliphatic heterocycles. The van der Waals surface area contributed by atoms with Crippen LogP contribution in [0.4, 0.5) is 17.1 Å². The molecular formula is C35H35N9O4. The topological polar surface area (TPSA) is 151 Å². The van der Waals surface area contributed by atoms with Crippen LogP contribution in [0.25, 0.3) is 33.3 Å². The van der Waals surface area contributed by atoms with E-state index in [4.69, 9.17) is 9.72 Å². The summed E-state index contributed by atoms with van der Waals surface area (Å²) in [5.74, 6) is -0.128. The van der Waals surface area contributed by atoms with Gasteiger partial charge in [0.2, 0.25) is 5.91 Å². The Morgan fingerprint density at radius 2 is 1.58 bits per heavy atom. The fourth-order valence-electron chi connectivity index (χ4n) is 5.84. The smallest absolute Gasteiger partial charge is 0.274 e. The van der Waals surface area contributed by atoms with Gasteiger partial charge in [-0.25, -0.2) is 4.98 Å². The van der Waals surface area contributed by atoms with Crippen molar-refractivity contribution in [3.05, 3.63) is 90.6 Å². The minimum atomic E-state index is -0.366. The number of anilines is 3. The van der Waals surface area contributed by atoms with E-state index in [1.165, 1.54) is 0 Å². The normalized spacial score (nSPS) is 13.5. The van der Waals surface area contributed by atoms with Crippen LogP contribution < -0.4 is 16.0 Å². The van der Waals surface area contributed by atoms with E-state index < -0.39 is 0 Å². The van der Waals surface area contributed by atoms with Crippen LogP contribution in [0.5, 0.6) is 0 Å². The summed E-state index contributed by atoms with van der Waals surface area (Å²) >= 11 is 0. The maximum absolute atomic E-state index is 13.3. The molecule has 1 fully saturated rings. The molecule has 48 heavy (non-hydrogen) atoms. The molecule has 1 aliphatic rings. The highest BCUT2D eigenvalue weighted by Gasteiger charge is 2.18. The predicted octanol–water partition coefficient (Wildman–Crippen LogP) is 4.62. The van der Waals surface area contributed by atoms with Crippen LogP contribution in [-0.4, -0.2) is 79.6 Å². The number of nitrogens with one attached hydrogen (secondary N) is 4. The van der Waals surface area contributed by atoms with Crippen LogP contribution in [0.3, 0.4) is 0 Å². The van der Waals surface area contributed by atoms with Crippen molar-refractivity contribution in [2.75, 3.05) is 48.8 Å². The van der Waals surface area contributed by atoms with Crippen molar-refractivity contribution >= 4 is 56.6 Å². The first kappa shape index (κ1) is 30.8. The predicted molar refractivity (Wildman–Crippen MR) is 184 cm³/mol. The average Bonchev–Trinajstić information content (AvgIpc) is 3.79. The number of benzene rings is 2. The van der Waals surface area contributed by atoms with Gasteiger partial charge in [0.15, 0.2) is 5.82 Å². The Hall–Kier alpha value is -5.79. The molecule has 0 bridgehead atoms. The molecule has 0 saturated carbocycles. The van der Waals surface area contributed by atoms with Crippen LogP contribution in [0.2, 0.25) is 0 Å². The summed E-state index contributed by atoms with van der Waals surface area (Å²) < 4.78 is 8.89. The maximum Gasteiger partial charge on any atom is 0.274 e. The van der Waals surface area contributed by atoms with E-state index in [9.17, 15) is 14.4 Å². The second-order valence-corrected chi connectivity index (χ2v) is 11.8. The Labute approximate surface area is 275 Å². The Bertz CT molecular complexity index is 2160. The van der Waals surface area contributed by atoms with Gasteiger partial charge < -0.3 is 34.8 Å². The highest BCUT2D eigenvalue weighted by Crippen LogP contribution is 2.27. The summed E-state index contributed by atoms with van der Waals surface area (Å²) in [5, 5.41) is 10.6. The Balaban J connectivity index is 0.994. The van der Waals surface area contributed by atoms with Gasteiger partial charge in [-0.15, -0.1) is 0 Å². The fraction of sp³-hybridized carbons (Fsp3) is 0.229. The van der Waals surface area contributed by atoms with Crippen LogP contribution in [-0.2, 0) is 23.6 Å². The second-order valence-electron chi connectivity index (χ2n) is 11.8. The highest BCUT2D eigenvalue weighted by atomic mass is 16.5. The van der Waals surface area contributed by atoms with E-state index >= 15 is 0 Å². The molecule has 1 saturated heterocycles. The van der Waals surface area contributed by atoms with Gasteiger partial charge in [-0.2, -0.15) is 0 Å². The van der Waals surface area contributed by atoms with Crippen molar-refractivity contribution in [3.8, 4) is 11.5 Å². The van der Waals surface area contributed by atoms with Crippen LogP contribution >= 0.6 is 0 Å². The fourth-order valence-corrected chi connectivity index (χ4v) is 5.84. The molecule has 13 nitrogen and oxygen atoms in total. The molecule has 4 N–H and O–H groups in total. The molecule has 0 aliphatic carbocycles. The third kappa shape index (κ3) is 6.68. The van der Waals surface area contributed by atoms with Gasteiger partial charge in [-0.05, 0) is 41.8 Å². The van der Waals surface area contributed by atoms with Crippen LogP contribution in [0.15, 0.2) is 79.3 Å². The van der Waals surface area contributed by atoms with Gasteiger partial charge in [-0.1, -0.05) is 24.3 Å². The minimum absolute atomic E-state index is 0.0472. The first-order chi connectivity index (χ1) is 23.3. The number of aromatic amines is 1. The Morgan fingerprint density at radius 3 is 2.42 bits per heavy atom. The molecule has 6 aromatic rings. The SMILES string of the molecule is Cn1cc(NC(=O)c2cc3ccccc3cn2)cc1C(=O)Nc1cc(-c2nc3cc(NC(=O)CCN4CCOCC4)ccc3[nH]2)n(C)c1. The van der Waals surface area contributed by atoms with E-state index in [0.29, 0.717) is 60.3 Å². The lowest BCUT2D eigenvalue weighted by Gasteiger charge is -2.26. The Morgan fingerprint density at radius 1 is 0.833 bits per heavy atom. The van der Waals surface area contributed by atoms with Gasteiger partial charge in [0.05, 0.1) is 41.3 Å². The van der Waals surface area contributed by atoms with Gasteiger partial charge in [0.1, 0.15) is 11.4 Å². The van der Waals surface area contributed by atoms with Crippen molar-refractivity contribution in [3.63, 3.8) is 0 Å². The monoisotopic (exact) mass is 645 g/mol. The number of carbonyl (C=O) groups is 3. The lowest BCUT2D eigenvalue weighted by molar-refractivity contribution is -0.116. The number of pyridine rings is 1. The van der Waals surface area contributed by atoms with Crippen molar-refractivity contribution in [1.29, 1.82) is 0 Å². The highest BCUT2D eigenvalue weighted by molar-refractivity contribution is 6.07. The summed E-state index contributed by atoms with van der Waals surface area (Å²) in [6, 6.07) is 18.5. The molecule has 5 heterocycles. The van der Waals surface area contributed by atoms with E-state index in [1.54, 1.807) is 42.3 Å². The molecule has 13 heteroatoms. The number of amides is 3. The zero-order valence-corrected chi connectivity index (χ0v) is 26.6. The first-order valence-corrected chi connectivity index (χ1v) is 15.7. The minimum Gasteiger partial charge on any atom is -0.379 e. The number of carbonyl (C=O) groups excluding carboxylic acids is 3. The summed E-state index contributed by atoms with van der Waals surface area (Å²) in [6.07, 6.45) is 5.56. The lowest BCUT2D eigenvalue weighted by atomic mass is 10.1. The number of morpholine rings is 1. The first-order valence-electron chi connectivity index (χ1n) is 15.7. The molecule has 0 radical (unpaired) electrons. The number of hydrogen-bond acceptors (Lipinski definition) is 7. The number of fused-ring (bicyclic) bond motifs is 2. The largest absolute Gasteiger partial charge is 0.379 e. The molecule has 0 atom stereocenters. The molecular weight excluding hydrogens is 610 g/mol. The van der Waals surface area contributed by atoms with Crippen molar-refractivity contribution in [2.24, 2.45) is 14.1 Å². The number of nitrogens with zero attached hydrogens (tertiary/aromatic N) is 5. The summed E-state index contributed by atoms with van der Waals surface area (Å²) in [4.78, 5) is 53.3. The van der Waals surface area contributed by atoms with Crippen molar-refractivity contribution in [2.45, 2.75) is 6.42 Å². The molecule has 7 rings (SSSR count). The van der Waals surface area contributed by atoms with E-state index in [-0.39, 0.29) is 23.4 Å². The number of H-pyrrole nitrogens is 1. The zero-order chi connectivity index (χ0) is 33.2. The number of ether oxygens (including phenoxy) is 1. The van der Waals surface area contributed by atoms with E-state index in [2.05, 4.69) is 30.8 Å².